The normalized spacial score (nSPS) is 11.1. The number of rotatable bonds is 4. The summed E-state index contributed by atoms with van der Waals surface area (Å²) in [4.78, 5) is 9.46. The molecule has 0 saturated heterocycles. The monoisotopic (exact) mass is 399 g/mol. The lowest BCUT2D eigenvalue weighted by molar-refractivity contribution is 0.355. The lowest BCUT2D eigenvalue weighted by Crippen LogP contribution is -2.18. The van der Waals surface area contributed by atoms with E-state index in [4.69, 9.17) is 14.5 Å². The Bertz CT molecular complexity index is 1030. The van der Waals surface area contributed by atoms with E-state index in [0.29, 0.717) is 11.5 Å². The van der Waals surface area contributed by atoms with E-state index in [1.165, 1.54) is 5.56 Å². The molecule has 0 unspecified atom stereocenters. The second-order valence-electron chi connectivity index (χ2n) is 6.67. The van der Waals surface area contributed by atoms with Crippen LogP contribution in [-0.2, 0) is 7.05 Å². The van der Waals surface area contributed by atoms with E-state index in [1.807, 2.05) is 35.9 Å². The lowest BCUT2D eigenvalue weighted by atomic mass is 10.1. The molecule has 0 aliphatic heterocycles. The third kappa shape index (κ3) is 4.37. The van der Waals surface area contributed by atoms with E-state index < -0.39 is 0 Å². The number of aromatic nitrogens is 2. The van der Waals surface area contributed by atoms with Gasteiger partial charge in [0.2, 0.25) is 0 Å². The molecular formula is C22H26ClN3O2. The molecule has 3 rings (SSSR count). The van der Waals surface area contributed by atoms with Crippen molar-refractivity contribution in [3.05, 3.63) is 64.9 Å². The zero-order valence-corrected chi connectivity index (χ0v) is 17.9. The topological polar surface area (TPSA) is 48.6 Å². The van der Waals surface area contributed by atoms with Gasteiger partial charge in [-0.1, -0.05) is 17.7 Å². The number of halogens is 1. The molecule has 28 heavy (non-hydrogen) atoms. The van der Waals surface area contributed by atoms with Gasteiger partial charge in [-0.3, -0.25) is 0 Å². The molecule has 3 aromatic rings. The predicted octanol–water partition coefficient (Wildman–Crippen LogP) is 4.68. The van der Waals surface area contributed by atoms with Gasteiger partial charge in [-0.25, -0.2) is 9.98 Å². The summed E-state index contributed by atoms with van der Waals surface area (Å²) in [5.41, 5.74) is 7.19. The number of benzene rings is 2. The van der Waals surface area contributed by atoms with E-state index >= 15 is 0 Å². The van der Waals surface area contributed by atoms with Crippen LogP contribution in [0.15, 0.2) is 47.7 Å². The van der Waals surface area contributed by atoms with Gasteiger partial charge in [0, 0.05) is 18.7 Å². The van der Waals surface area contributed by atoms with Gasteiger partial charge < -0.3 is 14.0 Å². The van der Waals surface area contributed by atoms with Crippen molar-refractivity contribution in [1.29, 1.82) is 0 Å². The van der Waals surface area contributed by atoms with Gasteiger partial charge in [-0.05, 0) is 50.1 Å². The second kappa shape index (κ2) is 8.93. The van der Waals surface area contributed by atoms with Gasteiger partial charge in [0.05, 0.1) is 31.9 Å². The molecule has 1 aromatic heterocycles. The zero-order valence-electron chi connectivity index (χ0n) is 17.1. The summed E-state index contributed by atoms with van der Waals surface area (Å²) in [6.45, 7) is 6.29. The number of methoxy groups -OCH3 is 2. The van der Waals surface area contributed by atoms with Crippen LogP contribution < -0.4 is 15.0 Å². The molecular weight excluding hydrogens is 374 g/mol. The minimum Gasteiger partial charge on any atom is -0.493 e. The largest absolute Gasteiger partial charge is 0.493 e. The molecule has 148 valence electrons. The van der Waals surface area contributed by atoms with Crippen LogP contribution in [0.25, 0.3) is 11.3 Å². The molecule has 0 amide bonds. The van der Waals surface area contributed by atoms with Crippen LogP contribution in [0.2, 0.25) is 0 Å². The molecule has 0 aliphatic rings. The van der Waals surface area contributed by atoms with Gasteiger partial charge in [0.25, 0.3) is 0 Å². The van der Waals surface area contributed by atoms with E-state index in [2.05, 4.69) is 37.9 Å². The Morgan fingerprint density at radius 3 is 2.14 bits per heavy atom. The van der Waals surface area contributed by atoms with Crippen molar-refractivity contribution in [1.82, 2.24) is 9.55 Å². The predicted molar refractivity (Wildman–Crippen MR) is 115 cm³/mol. The molecule has 0 spiro atoms. The maximum atomic E-state index is 5.41. The van der Waals surface area contributed by atoms with Crippen molar-refractivity contribution in [2.45, 2.75) is 20.8 Å². The van der Waals surface area contributed by atoms with Gasteiger partial charge in [-0.15, -0.1) is 12.4 Å². The van der Waals surface area contributed by atoms with Crippen LogP contribution in [0.4, 0.5) is 5.69 Å². The van der Waals surface area contributed by atoms with Crippen LogP contribution in [0, 0.1) is 20.8 Å². The highest BCUT2D eigenvalue weighted by Gasteiger charge is 2.08. The highest BCUT2D eigenvalue weighted by molar-refractivity contribution is 5.85. The second-order valence-corrected chi connectivity index (χ2v) is 6.67. The van der Waals surface area contributed by atoms with Gasteiger partial charge >= 0.3 is 0 Å². The lowest BCUT2D eigenvalue weighted by Gasteiger charge is -2.10. The summed E-state index contributed by atoms with van der Waals surface area (Å²) < 4.78 is 12.6. The van der Waals surface area contributed by atoms with E-state index in [1.54, 1.807) is 20.5 Å². The molecule has 1 heterocycles. The Kier molecular flexibility index (Phi) is 6.86. The van der Waals surface area contributed by atoms with E-state index in [0.717, 1.165) is 33.6 Å². The molecule has 0 saturated carbocycles. The quantitative estimate of drug-likeness (QED) is 0.639. The number of aryl methyl sites for hydroxylation is 4. The highest BCUT2D eigenvalue weighted by Crippen LogP contribution is 2.31. The molecule has 0 aliphatic carbocycles. The average Bonchev–Trinajstić information content (AvgIpc) is 2.65. The van der Waals surface area contributed by atoms with E-state index in [-0.39, 0.29) is 12.4 Å². The minimum absolute atomic E-state index is 0. The average molecular weight is 400 g/mol. The first kappa shape index (κ1) is 21.5. The molecule has 6 heteroatoms. The third-order valence-corrected chi connectivity index (χ3v) is 4.54. The molecule has 0 atom stereocenters. The molecule has 0 radical (unpaired) electrons. The van der Waals surface area contributed by atoms with Crippen LogP contribution in [0.3, 0.4) is 0 Å². The van der Waals surface area contributed by atoms with Crippen LogP contribution in [0.1, 0.15) is 16.7 Å². The van der Waals surface area contributed by atoms with Crippen molar-refractivity contribution in [2.75, 3.05) is 14.2 Å². The first-order valence-corrected chi connectivity index (χ1v) is 8.80. The number of nitrogens with zero attached hydrogens (tertiary/aromatic N) is 3. The fourth-order valence-corrected chi connectivity index (χ4v) is 3.20. The fraction of sp³-hybridized carbons (Fsp3) is 0.273. The first-order valence-electron chi connectivity index (χ1n) is 8.80. The summed E-state index contributed by atoms with van der Waals surface area (Å²) in [7, 11) is 5.20. The Morgan fingerprint density at radius 1 is 0.893 bits per heavy atom. The summed E-state index contributed by atoms with van der Waals surface area (Å²) in [5, 5.41) is 0. The number of hydrogen-bond acceptors (Lipinski definition) is 4. The van der Waals surface area contributed by atoms with Gasteiger partial charge in [0.15, 0.2) is 11.5 Å². The number of hydrogen-bond donors (Lipinski definition) is 0. The Balaban J connectivity index is 0.00000280. The third-order valence-electron chi connectivity index (χ3n) is 4.54. The maximum Gasteiger partial charge on any atom is 0.161 e. The van der Waals surface area contributed by atoms with Crippen molar-refractivity contribution in [3.8, 4) is 22.8 Å². The van der Waals surface area contributed by atoms with Gasteiger partial charge in [-0.2, -0.15) is 0 Å². The van der Waals surface area contributed by atoms with Crippen LogP contribution >= 0.6 is 12.4 Å². The van der Waals surface area contributed by atoms with Crippen LogP contribution in [0.5, 0.6) is 11.5 Å². The molecule has 2 aromatic carbocycles. The molecule has 0 bridgehead atoms. The Morgan fingerprint density at radius 2 is 1.54 bits per heavy atom. The molecule has 0 fully saturated rings. The van der Waals surface area contributed by atoms with Crippen molar-refractivity contribution in [2.24, 2.45) is 12.0 Å². The summed E-state index contributed by atoms with van der Waals surface area (Å²) in [6.07, 6.45) is 1.78. The Hall–Kier alpha value is -2.79. The van der Waals surface area contributed by atoms with Gasteiger partial charge in [0.1, 0.15) is 5.49 Å². The summed E-state index contributed by atoms with van der Waals surface area (Å²) in [6, 6.07) is 12.1. The SMILES string of the molecule is COc1ccc(-c2cc(=Nc3c(C)cc(C)cc3C)n(C)cn2)cc1OC.Cl. The van der Waals surface area contributed by atoms with Crippen molar-refractivity contribution < 1.29 is 9.47 Å². The highest BCUT2D eigenvalue weighted by atomic mass is 35.5. The molecule has 5 nitrogen and oxygen atoms in total. The standard InChI is InChI=1S/C22H25N3O2.ClH/c1-14-9-15(2)22(16(3)10-14)24-21-12-18(23-13-25(21)4)17-7-8-19(26-5)20(11-17)27-6;/h7-13H,1-6H3;1H. The maximum absolute atomic E-state index is 5.41. The van der Waals surface area contributed by atoms with E-state index in [9.17, 15) is 0 Å². The smallest absolute Gasteiger partial charge is 0.161 e. The zero-order chi connectivity index (χ0) is 19.6. The Labute approximate surface area is 172 Å². The summed E-state index contributed by atoms with van der Waals surface area (Å²) >= 11 is 0. The number of ether oxygens (including phenoxy) is 2. The summed E-state index contributed by atoms with van der Waals surface area (Å²) in [5.74, 6) is 1.37. The van der Waals surface area contributed by atoms with Crippen molar-refractivity contribution >= 4 is 18.1 Å². The minimum atomic E-state index is 0. The fourth-order valence-electron chi connectivity index (χ4n) is 3.20. The first-order chi connectivity index (χ1) is 12.9. The van der Waals surface area contributed by atoms with Crippen molar-refractivity contribution in [3.63, 3.8) is 0 Å². The van der Waals surface area contributed by atoms with Crippen LogP contribution in [-0.4, -0.2) is 23.8 Å². The molecule has 0 N–H and O–H groups in total.